The van der Waals surface area contributed by atoms with Gasteiger partial charge in [-0.05, 0) is 49.9 Å². The summed E-state index contributed by atoms with van der Waals surface area (Å²) in [5, 5.41) is 1.02. The summed E-state index contributed by atoms with van der Waals surface area (Å²) >= 11 is 13.1. The number of halogens is 2. The number of piperidine rings is 2. The number of carbonyl (C=O) groups is 1. The summed E-state index contributed by atoms with van der Waals surface area (Å²) in [6.45, 7) is 3.31. The van der Waals surface area contributed by atoms with Gasteiger partial charge in [-0.3, -0.25) is 9.69 Å². The molecule has 0 spiro atoms. The van der Waals surface area contributed by atoms with E-state index in [0.717, 1.165) is 62.1 Å². The zero-order valence-corrected chi connectivity index (χ0v) is 20.9. The number of sulfone groups is 1. The van der Waals surface area contributed by atoms with E-state index in [9.17, 15) is 13.2 Å². The van der Waals surface area contributed by atoms with Crippen molar-refractivity contribution in [1.82, 2.24) is 9.80 Å². The van der Waals surface area contributed by atoms with Gasteiger partial charge >= 0.3 is 0 Å². The third-order valence-electron chi connectivity index (χ3n) is 6.10. The minimum atomic E-state index is -3.28. The van der Waals surface area contributed by atoms with Gasteiger partial charge in [-0.25, -0.2) is 8.42 Å². The zero-order valence-electron chi connectivity index (χ0n) is 17.8. The first-order valence-corrected chi connectivity index (χ1v) is 14.1. The normalized spacial score (nSPS) is 19.3. The predicted molar refractivity (Wildman–Crippen MR) is 128 cm³/mol. The molecule has 1 amide bonds. The zero-order chi connectivity index (χ0) is 22.9. The standard InChI is InChI=1S/C22H26Cl2N2O4S2/c1-32(28,29)21-5-4-20(31-21)22(27)26-10-6-15(7-11-26)25-12-8-16(9-13-25)30-17-2-3-18(23)19(24)14-17/h2-5,14-16H,6-13H2,1H3. The molecule has 174 valence electrons. The molecule has 2 saturated heterocycles. The highest BCUT2D eigenvalue weighted by Crippen LogP contribution is 2.30. The maximum atomic E-state index is 12.8. The molecule has 0 aliphatic carbocycles. The van der Waals surface area contributed by atoms with Crippen LogP contribution in [-0.4, -0.2) is 68.7 Å². The van der Waals surface area contributed by atoms with E-state index >= 15 is 0 Å². The highest BCUT2D eigenvalue weighted by molar-refractivity contribution is 7.92. The third kappa shape index (κ3) is 5.59. The fourth-order valence-electron chi connectivity index (χ4n) is 4.33. The molecule has 3 heterocycles. The lowest BCUT2D eigenvalue weighted by Gasteiger charge is -2.41. The molecule has 4 rings (SSSR count). The van der Waals surface area contributed by atoms with E-state index in [-0.39, 0.29) is 16.2 Å². The average Bonchev–Trinajstić information content (AvgIpc) is 3.28. The fourth-order valence-corrected chi connectivity index (χ4v) is 6.51. The number of thiophene rings is 1. The maximum absolute atomic E-state index is 12.8. The van der Waals surface area contributed by atoms with Crippen LogP contribution in [0.15, 0.2) is 34.5 Å². The Morgan fingerprint density at radius 2 is 1.69 bits per heavy atom. The molecule has 32 heavy (non-hydrogen) atoms. The smallest absolute Gasteiger partial charge is 0.263 e. The molecular formula is C22H26Cl2N2O4S2. The molecule has 2 aliphatic heterocycles. The van der Waals surface area contributed by atoms with Crippen LogP contribution in [0.3, 0.4) is 0 Å². The van der Waals surface area contributed by atoms with Crippen molar-refractivity contribution in [3.05, 3.63) is 45.3 Å². The number of nitrogens with zero attached hydrogens (tertiary/aromatic N) is 2. The van der Waals surface area contributed by atoms with E-state index in [0.29, 0.717) is 34.1 Å². The van der Waals surface area contributed by atoms with Crippen LogP contribution in [0.1, 0.15) is 35.4 Å². The molecule has 0 atom stereocenters. The lowest BCUT2D eigenvalue weighted by atomic mass is 9.98. The first-order chi connectivity index (χ1) is 15.2. The number of hydrogen-bond acceptors (Lipinski definition) is 6. The molecule has 0 N–H and O–H groups in total. The van der Waals surface area contributed by atoms with Crippen molar-refractivity contribution in [1.29, 1.82) is 0 Å². The van der Waals surface area contributed by atoms with Crippen molar-refractivity contribution in [2.24, 2.45) is 0 Å². The Balaban J connectivity index is 1.25. The highest BCUT2D eigenvalue weighted by atomic mass is 35.5. The van der Waals surface area contributed by atoms with E-state index in [4.69, 9.17) is 27.9 Å². The van der Waals surface area contributed by atoms with Crippen LogP contribution in [-0.2, 0) is 9.84 Å². The van der Waals surface area contributed by atoms with Crippen LogP contribution in [0.5, 0.6) is 5.75 Å². The molecule has 0 saturated carbocycles. The van der Waals surface area contributed by atoms with Gasteiger partial charge in [0.2, 0.25) is 0 Å². The number of benzene rings is 1. The molecule has 2 fully saturated rings. The third-order valence-corrected chi connectivity index (χ3v) is 9.73. The van der Waals surface area contributed by atoms with Gasteiger partial charge in [-0.2, -0.15) is 0 Å². The number of amides is 1. The fraction of sp³-hybridized carbons (Fsp3) is 0.500. The molecule has 10 heteroatoms. The summed E-state index contributed by atoms with van der Waals surface area (Å²) in [7, 11) is -3.28. The Hall–Kier alpha value is -1.32. The van der Waals surface area contributed by atoms with E-state index in [1.165, 1.54) is 6.07 Å². The quantitative estimate of drug-likeness (QED) is 0.580. The summed E-state index contributed by atoms with van der Waals surface area (Å²) in [5.74, 6) is 0.675. The SMILES string of the molecule is CS(=O)(=O)c1ccc(C(=O)N2CCC(N3CCC(Oc4ccc(Cl)c(Cl)c4)CC3)CC2)s1. The van der Waals surface area contributed by atoms with Gasteiger partial charge in [-0.15, -0.1) is 11.3 Å². The van der Waals surface area contributed by atoms with Crippen molar-refractivity contribution >= 4 is 50.3 Å². The molecule has 6 nitrogen and oxygen atoms in total. The molecule has 2 aliphatic rings. The van der Waals surface area contributed by atoms with Gasteiger partial charge in [0.15, 0.2) is 9.84 Å². The number of rotatable bonds is 5. The molecule has 0 radical (unpaired) electrons. The van der Waals surface area contributed by atoms with E-state index in [1.807, 2.05) is 11.0 Å². The van der Waals surface area contributed by atoms with Crippen molar-refractivity contribution in [2.45, 2.75) is 42.0 Å². The Labute approximate surface area is 203 Å². The number of carbonyl (C=O) groups excluding carboxylic acids is 1. The monoisotopic (exact) mass is 516 g/mol. The van der Waals surface area contributed by atoms with Gasteiger partial charge in [0.05, 0.1) is 14.9 Å². The Morgan fingerprint density at radius 3 is 2.28 bits per heavy atom. The van der Waals surface area contributed by atoms with Crippen LogP contribution >= 0.6 is 34.5 Å². The number of likely N-dealkylation sites (tertiary alicyclic amines) is 2. The highest BCUT2D eigenvalue weighted by Gasteiger charge is 2.31. The van der Waals surface area contributed by atoms with Crippen LogP contribution < -0.4 is 4.74 Å². The minimum absolute atomic E-state index is 0.0721. The van der Waals surface area contributed by atoms with Crippen LogP contribution in [0, 0.1) is 0 Å². The van der Waals surface area contributed by atoms with Crippen molar-refractivity contribution in [3.63, 3.8) is 0 Å². The van der Waals surface area contributed by atoms with E-state index < -0.39 is 9.84 Å². The van der Waals surface area contributed by atoms with Crippen molar-refractivity contribution < 1.29 is 17.9 Å². The second-order valence-corrected chi connectivity index (χ2v) is 12.5. The topological polar surface area (TPSA) is 66.9 Å². The molecule has 1 aromatic heterocycles. The molecule has 0 unspecified atom stereocenters. The Morgan fingerprint density at radius 1 is 1.00 bits per heavy atom. The van der Waals surface area contributed by atoms with Crippen LogP contribution in [0.4, 0.5) is 0 Å². The average molecular weight is 518 g/mol. The second kappa shape index (κ2) is 9.89. The predicted octanol–water partition coefficient (Wildman–Crippen LogP) is 4.61. The minimum Gasteiger partial charge on any atom is -0.490 e. The van der Waals surface area contributed by atoms with Gasteiger partial charge in [-0.1, -0.05) is 23.2 Å². The molecule has 1 aromatic carbocycles. The van der Waals surface area contributed by atoms with Gasteiger partial charge < -0.3 is 9.64 Å². The second-order valence-electron chi connectivity index (χ2n) is 8.34. The molecule has 2 aromatic rings. The van der Waals surface area contributed by atoms with Gasteiger partial charge in [0.1, 0.15) is 16.1 Å². The summed E-state index contributed by atoms with van der Waals surface area (Å²) in [6, 6.07) is 8.95. The van der Waals surface area contributed by atoms with Crippen LogP contribution in [0.2, 0.25) is 10.0 Å². The maximum Gasteiger partial charge on any atom is 0.263 e. The summed E-state index contributed by atoms with van der Waals surface area (Å²) in [4.78, 5) is 17.6. The van der Waals surface area contributed by atoms with Crippen LogP contribution in [0.25, 0.3) is 0 Å². The van der Waals surface area contributed by atoms with Crippen molar-refractivity contribution in [2.75, 3.05) is 32.4 Å². The first-order valence-electron chi connectivity index (χ1n) is 10.7. The largest absolute Gasteiger partial charge is 0.490 e. The number of ether oxygens (including phenoxy) is 1. The van der Waals surface area contributed by atoms with E-state index in [1.54, 1.807) is 18.2 Å². The molecule has 0 bridgehead atoms. The van der Waals surface area contributed by atoms with Gasteiger partial charge in [0.25, 0.3) is 5.91 Å². The first kappa shape index (κ1) is 23.8. The van der Waals surface area contributed by atoms with Crippen molar-refractivity contribution in [3.8, 4) is 5.75 Å². The summed E-state index contributed by atoms with van der Waals surface area (Å²) in [5.41, 5.74) is 0. The lowest BCUT2D eigenvalue weighted by Crippen LogP contribution is -2.50. The lowest BCUT2D eigenvalue weighted by molar-refractivity contribution is 0.0427. The van der Waals surface area contributed by atoms with Gasteiger partial charge in [0, 0.05) is 44.5 Å². The summed E-state index contributed by atoms with van der Waals surface area (Å²) in [6.07, 6.45) is 5.07. The Kier molecular flexibility index (Phi) is 7.36. The summed E-state index contributed by atoms with van der Waals surface area (Å²) < 4.78 is 29.7. The van der Waals surface area contributed by atoms with E-state index in [2.05, 4.69) is 4.90 Å². The molecular weight excluding hydrogens is 491 g/mol. The Bertz CT molecular complexity index is 1070. The number of hydrogen-bond donors (Lipinski definition) is 0.